The van der Waals surface area contributed by atoms with Gasteiger partial charge in [-0.1, -0.05) is 34.8 Å². The minimum atomic E-state index is -3.55. The molecule has 0 aliphatic heterocycles. The van der Waals surface area contributed by atoms with Crippen LogP contribution in [0, 0.1) is 0 Å². The molecule has 0 bridgehead atoms. The molecular formula is C17H25BrN2O4S. The van der Waals surface area contributed by atoms with Crippen molar-refractivity contribution in [2.45, 2.75) is 38.2 Å². The first-order valence-electron chi connectivity index (χ1n) is 8.48. The SMILES string of the molecule is CS(=O)(=O)N(CC(=O)NCCCOC1CCCC1)c1cccc(Br)c1. The molecule has 0 aromatic heterocycles. The number of halogens is 1. The number of nitrogens with zero attached hydrogens (tertiary/aromatic N) is 1. The van der Waals surface area contributed by atoms with Crippen molar-refractivity contribution < 1.29 is 17.9 Å². The van der Waals surface area contributed by atoms with Crippen molar-refractivity contribution in [1.29, 1.82) is 0 Å². The van der Waals surface area contributed by atoms with Gasteiger partial charge < -0.3 is 10.1 Å². The Morgan fingerprint density at radius 2 is 2.08 bits per heavy atom. The Kier molecular flexibility index (Phi) is 7.71. The zero-order valence-electron chi connectivity index (χ0n) is 14.4. The van der Waals surface area contributed by atoms with Crippen molar-refractivity contribution in [2.75, 3.05) is 30.3 Å². The van der Waals surface area contributed by atoms with E-state index in [0.717, 1.165) is 34.3 Å². The van der Waals surface area contributed by atoms with Crippen LogP contribution in [-0.2, 0) is 19.6 Å². The molecule has 0 spiro atoms. The first-order chi connectivity index (χ1) is 11.9. The van der Waals surface area contributed by atoms with Crippen molar-refractivity contribution in [3.05, 3.63) is 28.7 Å². The van der Waals surface area contributed by atoms with Crippen molar-refractivity contribution in [2.24, 2.45) is 0 Å². The maximum atomic E-state index is 12.1. The van der Waals surface area contributed by atoms with E-state index < -0.39 is 10.0 Å². The van der Waals surface area contributed by atoms with Crippen LogP contribution in [0.3, 0.4) is 0 Å². The number of carbonyl (C=O) groups is 1. The van der Waals surface area contributed by atoms with Gasteiger partial charge >= 0.3 is 0 Å². The summed E-state index contributed by atoms with van der Waals surface area (Å²) in [5, 5.41) is 2.76. The molecule has 0 saturated heterocycles. The van der Waals surface area contributed by atoms with Gasteiger partial charge in [0.15, 0.2) is 0 Å². The molecule has 1 N–H and O–H groups in total. The molecule has 8 heteroatoms. The molecule has 1 amide bonds. The van der Waals surface area contributed by atoms with E-state index in [2.05, 4.69) is 21.2 Å². The van der Waals surface area contributed by atoms with Crippen LogP contribution in [-0.4, -0.2) is 46.4 Å². The van der Waals surface area contributed by atoms with Crippen LogP contribution in [0.25, 0.3) is 0 Å². The Bertz CT molecular complexity index is 675. The number of amides is 1. The zero-order valence-corrected chi connectivity index (χ0v) is 16.8. The van der Waals surface area contributed by atoms with Crippen LogP contribution in [0.15, 0.2) is 28.7 Å². The molecule has 1 aromatic carbocycles. The van der Waals surface area contributed by atoms with Crippen molar-refractivity contribution in [1.82, 2.24) is 5.32 Å². The maximum absolute atomic E-state index is 12.1. The largest absolute Gasteiger partial charge is 0.378 e. The van der Waals surface area contributed by atoms with Gasteiger partial charge in [-0.3, -0.25) is 9.10 Å². The van der Waals surface area contributed by atoms with Gasteiger partial charge in [-0.2, -0.15) is 0 Å². The van der Waals surface area contributed by atoms with Crippen LogP contribution in [0.5, 0.6) is 0 Å². The summed E-state index contributed by atoms with van der Waals surface area (Å²) in [6, 6.07) is 6.86. The summed E-state index contributed by atoms with van der Waals surface area (Å²) in [6.45, 7) is 0.854. The standard InChI is InChI=1S/C17H25BrN2O4S/c1-25(22,23)20(15-7-4-6-14(18)12-15)13-17(21)19-10-5-11-24-16-8-2-3-9-16/h4,6-7,12,16H,2-3,5,8-11,13H2,1H3,(H,19,21). The van der Waals surface area contributed by atoms with Gasteiger partial charge in [-0.05, 0) is 37.5 Å². The quantitative estimate of drug-likeness (QED) is 0.608. The molecule has 1 saturated carbocycles. The molecule has 0 radical (unpaired) electrons. The van der Waals surface area contributed by atoms with E-state index in [1.165, 1.54) is 12.8 Å². The molecule has 2 rings (SSSR count). The van der Waals surface area contributed by atoms with Gasteiger partial charge in [0, 0.05) is 17.6 Å². The van der Waals surface area contributed by atoms with E-state index in [-0.39, 0.29) is 12.5 Å². The highest BCUT2D eigenvalue weighted by molar-refractivity contribution is 9.10. The molecule has 0 atom stereocenters. The fraction of sp³-hybridized carbons (Fsp3) is 0.588. The minimum absolute atomic E-state index is 0.237. The average molecular weight is 433 g/mol. The van der Waals surface area contributed by atoms with Gasteiger partial charge in [0.05, 0.1) is 18.0 Å². The molecule has 140 valence electrons. The van der Waals surface area contributed by atoms with Gasteiger partial charge in [-0.25, -0.2) is 8.42 Å². The van der Waals surface area contributed by atoms with E-state index in [1.807, 2.05) is 0 Å². The van der Waals surface area contributed by atoms with Gasteiger partial charge in [0.2, 0.25) is 15.9 Å². The molecular weight excluding hydrogens is 408 g/mol. The molecule has 0 unspecified atom stereocenters. The summed E-state index contributed by atoms with van der Waals surface area (Å²) in [5.41, 5.74) is 0.455. The van der Waals surface area contributed by atoms with Crippen LogP contribution < -0.4 is 9.62 Å². The topological polar surface area (TPSA) is 75.7 Å². The molecule has 1 aliphatic rings. The highest BCUT2D eigenvalue weighted by Gasteiger charge is 2.21. The second-order valence-electron chi connectivity index (χ2n) is 6.23. The van der Waals surface area contributed by atoms with Crippen molar-refractivity contribution in [3.63, 3.8) is 0 Å². The summed E-state index contributed by atoms with van der Waals surface area (Å²) in [7, 11) is -3.55. The van der Waals surface area contributed by atoms with Gasteiger partial charge in [0.25, 0.3) is 0 Å². The fourth-order valence-electron chi connectivity index (χ4n) is 2.82. The van der Waals surface area contributed by atoms with E-state index in [4.69, 9.17) is 4.74 Å². The predicted octanol–water partition coefficient (Wildman–Crippen LogP) is 2.68. The lowest BCUT2D eigenvalue weighted by Gasteiger charge is -2.22. The van der Waals surface area contributed by atoms with Crippen molar-refractivity contribution >= 4 is 37.5 Å². The van der Waals surface area contributed by atoms with Gasteiger partial charge in [-0.15, -0.1) is 0 Å². The molecule has 1 fully saturated rings. The minimum Gasteiger partial charge on any atom is -0.378 e. The molecule has 1 aromatic rings. The monoisotopic (exact) mass is 432 g/mol. The smallest absolute Gasteiger partial charge is 0.240 e. The first kappa shape index (κ1) is 20.2. The lowest BCUT2D eigenvalue weighted by Crippen LogP contribution is -2.40. The van der Waals surface area contributed by atoms with E-state index in [9.17, 15) is 13.2 Å². The number of hydrogen-bond acceptors (Lipinski definition) is 4. The maximum Gasteiger partial charge on any atom is 0.240 e. The highest BCUT2D eigenvalue weighted by atomic mass is 79.9. The number of benzene rings is 1. The van der Waals surface area contributed by atoms with E-state index >= 15 is 0 Å². The molecule has 0 heterocycles. The Balaban J connectivity index is 1.79. The Labute approximate surface area is 158 Å². The third kappa shape index (κ3) is 6.95. The lowest BCUT2D eigenvalue weighted by molar-refractivity contribution is -0.119. The molecule has 1 aliphatic carbocycles. The lowest BCUT2D eigenvalue weighted by atomic mass is 10.3. The van der Waals surface area contributed by atoms with Crippen LogP contribution in [0.4, 0.5) is 5.69 Å². The predicted molar refractivity (Wildman–Crippen MR) is 102 cm³/mol. The number of rotatable bonds is 9. The van der Waals surface area contributed by atoms with Gasteiger partial charge in [0.1, 0.15) is 6.54 Å². The fourth-order valence-corrected chi connectivity index (χ4v) is 4.06. The second-order valence-corrected chi connectivity index (χ2v) is 9.05. The van der Waals surface area contributed by atoms with Crippen LogP contribution >= 0.6 is 15.9 Å². The average Bonchev–Trinajstić information content (AvgIpc) is 3.04. The molecule has 25 heavy (non-hydrogen) atoms. The van der Waals surface area contributed by atoms with Crippen LogP contribution in [0.2, 0.25) is 0 Å². The van der Waals surface area contributed by atoms with Crippen LogP contribution in [0.1, 0.15) is 32.1 Å². The summed E-state index contributed by atoms with van der Waals surface area (Å²) in [5.74, 6) is -0.328. The number of anilines is 1. The highest BCUT2D eigenvalue weighted by Crippen LogP contribution is 2.22. The summed E-state index contributed by atoms with van der Waals surface area (Å²) in [4.78, 5) is 12.1. The first-order valence-corrected chi connectivity index (χ1v) is 11.1. The second kappa shape index (κ2) is 9.54. The third-order valence-corrected chi connectivity index (χ3v) is 5.72. The number of ether oxygens (including phenoxy) is 1. The summed E-state index contributed by atoms with van der Waals surface area (Å²) < 4.78 is 31.6. The van der Waals surface area contributed by atoms with E-state index in [1.54, 1.807) is 24.3 Å². The number of sulfonamides is 1. The number of carbonyl (C=O) groups excluding carboxylic acids is 1. The van der Waals surface area contributed by atoms with Crippen molar-refractivity contribution in [3.8, 4) is 0 Å². The number of hydrogen-bond donors (Lipinski definition) is 1. The Morgan fingerprint density at radius 3 is 2.72 bits per heavy atom. The normalized spacial score (nSPS) is 15.3. The third-order valence-electron chi connectivity index (χ3n) is 4.08. The molecule has 6 nitrogen and oxygen atoms in total. The zero-order chi connectivity index (χ0) is 18.3. The Morgan fingerprint density at radius 1 is 1.36 bits per heavy atom. The number of nitrogens with one attached hydrogen (secondary N) is 1. The summed E-state index contributed by atoms with van der Waals surface area (Å²) >= 11 is 3.31. The Hall–Kier alpha value is -1.12. The summed E-state index contributed by atoms with van der Waals surface area (Å²) in [6.07, 6.45) is 6.91. The van der Waals surface area contributed by atoms with E-state index in [0.29, 0.717) is 24.9 Å².